The van der Waals surface area contributed by atoms with Crippen molar-refractivity contribution in [2.75, 3.05) is 0 Å². The third kappa shape index (κ3) is 2.32. The van der Waals surface area contributed by atoms with E-state index in [0.29, 0.717) is 10.2 Å². The average molecular weight is 222 g/mol. The number of aromatic nitrogens is 3. The van der Waals surface area contributed by atoms with Crippen molar-refractivity contribution in [2.24, 2.45) is 0 Å². The van der Waals surface area contributed by atoms with Crippen LogP contribution in [-0.2, 0) is 0 Å². The van der Waals surface area contributed by atoms with Crippen LogP contribution in [0.1, 0.15) is 0 Å². The number of aromatic amines is 1. The highest BCUT2D eigenvalue weighted by Crippen LogP contribution is 2.23. The van der Waals surface area contributed by atoms with Crippen molar-refractivity contribution in [1.29, 1.82) is 0 Å². The van der Waals surface area contributed by atoms with E-state index in [1.165, 1.54) is 24.0 Å². The Morgan fingerprint density at radius 3 is 2.80 bits per heavy atom. The van der Waals surface area contributed by atoms with Gasteiger partial charge in [-0.05, 0) is 17.8 Å². The first-order valence-corrected chi connectivity index (χ1v) is 4.85. The van der Waals surface area contributed by atoms with Gasteiger partial charge in [-0.2, -0.15) is 0 Å². The summed E-state index contributed by atoms with van der Waals surface area (Å²) in [5, 5.41) is 11.7. The second kappa shape index (κ2) is 4.09. The van der Waals surface area contributed by atoms with Gasteiger partial charge in [-0.1, -0.05) is 0 Å². The maximum Gasteiger partial charge on any atom is 0.287 e. The van der Waals surface area contributed by atoms with Crippen molar-refractivity contribution >= 4 is 17.4 Å². The Bertz CT molecular complexity index is 454. The maximum absolute atomic E-state index is 10.4. The standard InChI is InChI=1S/C8H6N4O2S/c13-12(14)6-1-2-7(11-5-6)15-8-9-3-4-10-8/h1-5H,(H,9,10). The number of hydrogen-bond donors (Lipinski definition) is 1. The molecule has 0 saturated heterocycles. The Hall–Kier alpha value is -1.89. The molecule has 0 spiro atoms. The zero-order valence-electron chi connectivity index (χ0n) is 7.45. The second-order valence-corrected chi connectivity index (χ2v) is 3.62. The van der Waals surface area contributed by atoms with E-state index in [-0.39, 0.29) is 5.69 Å². The fraction of sp³-hybridized carbons (Fsp3) is 0. The van der Waals surface area contributed by atoms with Crippen molar-refractivity contribution < 1.29 is 4.92 Å². The Morgan fingerprint density at radius 2 is 2.27 bits per heavy atom. The molecule has 2 aromatic rings. The number of nitrogens with one attached hydrogen (secondary N) is 1. The smallest absolute Gasteiger partial charge is 0.287 e. The molecule has 7 heteroatoms. The number of hydrogen-bond acceptors (Lipinski definition) is 5. The van der Waals surface area contributed by atoms with E-state index < -0.39 is 4.92 Å². The second-order valence-electron chi connectivity index (χ2n) is 2.61. The van der Waals surface area contributed by atoms with Gasteiger partial charge in [0.2, 0.25) is 0 Å². The molecule has 0 fully saturated rings. The van der Waals surface area contributed by atoms with Crippen LogP contribution in [-0.4, -0.2) is 19.9 Å². The lowest BCUT2D eigenvalue weighted by Crippen LogP contribution is -1.89. The van der Waals surface area contributed by atoms with E-state index in [1.807, 2.05) is 0 Å². The van der Waals surface area contributed by atoms with Crippen LogP contribution in [0.4, 0.5) is 5.69 Å². The van der Waals surface area contributed by atoms with Gasteiger partial charge in [0.1, 0.15) is 11.2 Å². The van der Waals surface area contributed by atoms with Crippen LogP contribution in [0.5, 0.6) is 0 Å². The molecule has 2 aromatic heterocycles. The fourth-order valence-electron chi connectivity index (χ4n) is 0.947. The molecule has 0 bridgehead atoms. The number of nitrogens with zero attached hydrogens (tertiary/aromatic N) is 3. The first-order chi connectivity index (χ1) is 7.25. The van der Waals surface area contributed by atoms with Crippen molar-refractivity contribution in [3.05, 3.63) is 40.8 Å². The Kier molecular flexibility index (Phi) is 2.64. The summed E-state index contributed by atoms with van der Waals surface area (Å²) in [5.74, 6) is 0. The van der Waals surface area contributed by atoms with Gasteiger partial charge in [-0.25, -0.2) is 9.97 Å². The zero-order valence-corrected chi connectivity index (χ0v) is 8.27. The first kappa shape index (κ1) is 9.66. The summed E-state index contributed by atoms with van der Waals surface area (Å²) >= 11 is 1.31. The van der Waals surface area contributed by atoms with Crippen LogP contribution >= 0.6 is 11.8 Å². The quantitative estimate of drug-likeness (QED) is 0.632. The molecular weight excluding hydrogens is 216 g/mol. The van der Waals surface area contributed by atoms with Crippen LogP contribution in [0.2, 0.25) is 0 Å². The number of H-pyrrole nitrogens is 1. The summed E-state index contributed by atoms with van der Waals surface area (Å²) < 4.78 is 0. The van der Waals surface area contributed by atoms with Crippen molar-refractivity contribution in [3.63, 3.8) is 0 Å². The van der Waals surface area contributed by atoms with Crippen LogP contribution in [0.15, 0.2) is 40.9 Å². The van der Waals surface area contributed by atoms with Crippen LogP contribution < -0.4 is 0 Å². The molecule has 0 aliphatic heterocycles. The highest BCUT2D eigenvalue weighted by molar-refractivity contribution is 7.99. The molecule has 0 saturated carbocycles. The maximum atomic E-state index is 10.4. The molecule has 0 amide bonds. The molecule has 0 aromatic carbocycles. The minimum absolute atomic E-state index is 0.0150. The summed E-state index contributed by atoms with van der Waals surface area (Å²) in [7, 11) is 0. The Morgan fingerprint density at radius 1 is 1.40 bits per heavy atom. The van der Waals surface area contributed by atoms with Gasteiger partial charge in [0, 0.05) is 18.5 Å². The number of pyridine rings is 1. The molecule has 0 aliphatic carbocycles. The summed E-state index contributed by atoms with van der Waals surface area (Å²) in [6.07, 6.45) is 4.56. The van der Waals surface area contributed by atoms with Crippen LogP contribution in [0, 0.1) is 10.1 Å². The zero-order chi connectivity index (χ0) is 10.7. The van der Waals surface area contributed by atoms with Crippen molar-refractivity contribution in [3.8, 4) is 0 Å². The number of imidazole rings is 1. The molecule has 0 unspecified atom stereocenters. The monoisotopic (exact) mass is 222 g/mol. The third-order valence-electron chi connectivity index (χ3n) is 1.61. The van der Waals surface area contributed by atoms with Crippen molar-refractivity contribution in [1.82, 2.24) is 15.0 Å². The SMILES string of the molecule is O=[N+]([O-])c1ccc(Sc2ncc[nH]2)nc1. The highest BCUT2D eigenvalue weighted by atomic mass is 32.2. The topological polar surface area (TPSA) is 84.7 Å². The van der Waals surface area contributed by atoms with Gasteiger partial charge in [-0.15, -0.1) is 0 Å². The van der Waals surface area contributed by atoms with E-state index in [2.05, 4.69) is 15.0 Å². The third-order valence-corrected chi connectivity index (χ3v) is 2.47. The summed E-state index contributed by atoms with van der Waals surface area (Å²) in [5.41, 5.74) is -0.0150. The van der Waals surface area contributed by atoms with E-state index in [4.69, 9.17) is 0 Å². The fourth-order valence-corrected chi connectivity index (χ4v) is 1.63. The molecule has 1 N–H and O–H groups in total. The minimum atomic E-state index is -0.478. The van der Waals surface area contributed by atoms with Gasteiger partial charge < -0.3 is 4.98 Å². The Labute approximate surface area is 88.9 Å². The molecule has 0 atom stereocenters. The molecule has 76 valence electrons. The molecule has 6 nitrogen and oxygen atoms in total. The minimum Gasteiger partial charge on any atom is -0.339 e. The van der Waals surface area contributed by atoms with E-state index >= 15 is 0 Å². The van der Waals surface area contributed by atoms with Gasteiger partial charge in [-0.3, -0.25) is 10.1 Å². The predicted molar refractivity (Wildman–Crippen MR) is 53.6 cm³/mol. The van der Waals surface area contributed by atoms with Crippen LogP contribution in [0.3, 0.4) is 0 Å². The Balaban J connectivity index is 2.14. The molecular formula is C8H6N4O2S. The summed E-state index contributed by atoms with van der Waals surface area (Å²) in [6.45, 7) is 0. The molecule has 2 rings (SSSR count). The lowest BCUT2D eigenvalue weighted by Gasteiger charge is -1.95. The van der Waals surface area contributed by atoms with E-state index in [9.17, 15) is 10.1 Å². The normalized spacial score (nSPS) is 10.1. The van der Waals surface area contributed by atoms with Gasteiger partial charge in [0.25, 0.3) is 5.69 Å². The molecule has 0 aliphatic rings. The summed E-state index contributed by atoms with van der Waals surface area (Å²) in [4.78, 5) is 20.7. The number of nitro groups is 1. The number of rotatable bonds is 3. The lowest BCUT2D eigenvalue weighted by molar-refractivity contribution is -0.385. The first-order valence-electron chi connectivity index (χ1n) is 4.03. The van der Waals surface area contributed by atoms with E-state index in [1.54, 1.807) is 18.5 Å². The molecule has 15 heavy (non-hydrogen) atoms. The largest absolute Gasteiger partial charge is 0.339 e. The van der Waals surface area contributed by atoms with Crippen LogP contribution in [0.25, 0.3) is 0 Å². The lowest BCUT2D eigenvalue weighted by atomic mass is 10.4. The van der Waals surface area contributed by atoms with E-state index in [0.717, 1.165) is 0 Å². The predicted octanol–water partition coefficient (Wildman–Crippen LogP) is 1.86. The molecule has 0 radical (unpaired) electrons. The van der Waals surface area contributed by atoms with Gasteiger partial charge >= 0.3 is 0 Å². The summed E-state index contributed by atoms with van der Waals surface area (Å²) in [6, 6.07) is 3.00. The average Bonchev–Trinajstić information content (AvgIpc) is 2.71. The molecule has 2 heterocycles. The van der Waals surface area contributed by atoms with Gasteiger partial charge in [0.15, 0.2) is 5.16 Å². The highest BCUT2D eigenvalue weighted by Gasteiger charge is 2.06. The van der Waals surface area contributed by atoms with Gasteiger partial charge in [0.05, 0.1) is 4.92 Å². The van der Waals surface area contributed by atoms with Crippen molar-refractivity contribution in [2.45, 2.75) is 10.2 Å².